The fraction of sp³-hybridized carbons (Fsp3) is 0.200. The lowest BCUT2D eigenvalue weighted by molar-refractivity contribution is -0.128. The third-order valence-electron chi connectivity index (χ3n) is 5.23. The summed E-state index contributed by atoms with van der Waals surface area (Å²) in [6.45, 7) is 0.256. The number of nitrogens with zero attached hydrogens (tertiary/aromatic N) is 1. The lowest BCUT2D eigenvalue weighted by Crippen LogP contribution is -2.40. The number of rotatable bonds is 7. The number of ether oxygens (including phenoxy) is 1. The van der Waals surface area contributed by atoms with Crippen molar-refractivity contribution in [3.63, 3.8) is 0 Å². The highest BCUT2D eigenvalue weighted by molar-refractivity contribution is 7.73. The van der Waals surface area contributed by atoms with E-state index >= 15 is 0 Å². The number of carbonyl (C=O) groups is 2. The summed E-state index contributed by atoms with van der Waals surface area (Å²) >= 11 is 0. The highest BCUT2D eigenvalue weighted by Crippen LogP contribution is 2.34. The molecule has 5 heteroatoms. The zero-order chi connectivity index (χ0) is 20.8. The number of amides is 2. The van der Waals surface area contributed by atoms with Crippen LogP contribution in [0.4, 0.5) is 4.79 Å². The zero-order valence-electron chi connectivity index (χ0n) is 16.7. The zero-order valence-corrected chi connectivity index (χ0v) is 17.6. The summed E-state index contributed by atoms with van der Waals surface area (Å²) in [6.07, 6.45) is 1.11. The molecule has 1 aliphatic rings. The van der Waals surface area contributed by atoms with Crippen molar-refractivity contribution in [2.45, 2.75) is 18.9 Å². The van der Waals surface area contributed by atoms with Crippen molar-refractivity contribution in [3.8, 4) is 0 Å². The molecule has 152 valence electrons. The summed E-state index contributed by atoms with van der Waals surface area (Å²) in [5, 5.41) is 2.47. The minimum Gasteiger partial charge on any atom is -0.447 e. The van der Waals surface area contributed by atoms with E-state index in [0.717, 1.165) is 5.56 Å². The van der Waals surface area contributed by atoms with Gasteiger partial charge in [-0.05, 0) is 36.7 Å². The molecule has 4 rings (SSSR count). The van der Waals surface area contributed by atoms with E-state index in [0.29, 0.717) is 19.0 Å². The van der Waals surface area contributed by atoms with Crippen LogP contribution in [-0.2, 0) is 16.0 Å². The van der Waals surface area contributed by atoms with Gasteiger partial charge in [-0.3, -0.25) is 4.79 Å². The van der Waals surface area contributed by atoms with Crippen molar-refractivity contribution in [2.24, 2.45) is 0 Å². The third-order valence-corrected chi connectivity index (χ3v) is 7.74. The minimum atomic E-state index is -0.674. The Labute approximate surface area is 178 Å². The fourth-order valence-electron chi connectivity index (χ4n) is 3.75. The normalized spacial score (nSPS) is 16.0. The van der Waals surface area contributed by atoms with Crippen molar-refractivity contribution < 1.29 is 14.3 Å². The molecular weight excluding hydrogens is 393 g/mol. The van der Waals surface area contributed by atoms with Crippen LogP contribution in [0.15, 0.2) is 91.0 Å². The van der Waals surface area contributed by atoms with Gasteiger partial charge in [0.2, 0.25) is 5.91 Å². The van der Waals surface area contributed by atoms with Crippen molar-refractivity contribution in [2.75, 3.05) is 12.8 Å². The molecule has 1 heterocycles. The maximum absolute atomic E-state index is 13.1. The Morgan fingerprint density at radius 1 is 0.867 bits per heavy atom. The van der Waals surface area contributed by atoms with Crippen molar-refractivity contribution in [1.82, 2.24) is 4.90 Å². The van der Waals surface area contributed by atoms with E-state index in [1.165, 1.54) is 15.5 Å². The van der Waals surface area contributed by atoms with Crippen LogP contribution in [-0.4, -0.2) is 35.7 Å². The van der Waals surface area contributed by atoms with Crippen LogP contribution in [0, 0.1) is 0 Å². The number of benzene rings is 3. The third kappa shape index (κ3) is 4.77. The van der Waals surface area contributed by atoms with Gasteiger partial charge < -0.3 is 4.74 Å². The second-order valence-corrected chi connectivity index (χ2v) is 9.59. The smallest absolute Gasteiger partial charge is 0.416 e. The fourth-order valence-corrected chi connectivity index (χ4v) is 6.05. The number of cyclic esters (lactones) is 1. The van der Waals surface area contributed by atoms with E-state index in [4.69, 9.17) is 4.74 Å². The molecule has 1 atom stereocenters. The van der Waals surface area contributed by atoms with E-state index in [1.54, 1.807) is 0 Å². The first-order chi connectivity index (χ1) is 14.7. The average molecular weight is 417 g/mol. The summed E-state index contributed by atoms with van der Waals surface area (Å²) < 4.78 is 5.22. The quantitative estimate of drug-likeness (QED) is 0.544. The molecule has 1 fully saturated rings. The molecule has 30 heavy (non-hydrogen) atoms. The van der Waals surface area contributed by atoms with Crippen LogP contribution in [0.1, 0.15) is 12.0 Å². The molecule has 2 amide bonds. The van der Waals surface area contributed by atoms with Crippen molar-refractivity contribution in [1.29, 1.82) is 0 Å². The van der Waals surface area contributed by atoms with Crippen LogP contribution >= 0.6 is 7.92 Å². The van der Waals surface area contributed by atoms with Gasteiger partial charge in [-0.2, -0.15) is 0 Å². The SMILES string of the molecule is O=C(CCP(c1ccccc1)c1ccccc1)N1C(=O)OC[C@@H]1Cc1ccccc1. The monoisotopic (exact) mass is 417 g/mol. The van der Waals surface area contributed by atoms with Crippen LogP contribution in [0.2, 0.25) is 0 Å². The van der Waals surface area contributed by atoms with Crippen LogP contribution < -0.4 is 10.6 Å². The van der Waals surface area contributed by atoms with Gasteiger partial charge in [0.15, 0.2) is 0 Å². The van der Waals surface area contributed by atoms with E-state index in [2.05, 4.69) is 24.3 Å². The number of hydrogen-bond donors (Lipinski definition) is 0. The Morgan fingerprint density at radius 3 is 1.97 bits per heavy atom. The van der Waals surface area contributed by atoms with Gasteiger partial charge in [0.05, 0.1) is 6.04 Å². The second-order valence-electron chi connectivity index (χ2n) is 7.26. The minimum absolute atomic E-state index is 0.155. The predicted octanol–water partition coefficient (Wildman–Crippen LogP) is 4.10. The molecule has 0 unspecified atom stereocenters. The topological polar surface area (TPSA) is 46.6 Å². The summed E-state index contributed by atoms with van der Waals surface area (Å²) in [6, 6.07) is 30.3. The van der Waals surface area contributed by atoms with Gasteiger partial charge in [-0.15, -0.1) is 0 Å². The molecule has 1 aliphatic heterocycles. The highest BCUT2D eigenvalue weighted by atomic mass is 31.1. The molecule has 3 aromatic rings. The number of imide groups is 1. The first-order valence-electron chi connectivity index (χ1n) is 10.1. The maximum atomic E-state index is 13.1. The molecule has 0 bridgehead atoms. The standard InChI is InChI=1S/C25H24NO3P/c27-24(26-21(19-29-25(26)28)18-20-10-4-1-5-11-20)16-17-30(22-12-6-2-7-13-22)23-14-8-3-9-15-23/h1-15,21H,16-19H2/t21-/m0/s1. The lowest BCUT2D eigenvalue weighted by Gasteiger charge is -2.22. The van der Waals surface area contributed by atoms with E-state index < -0.39 is 14.0 Å². The molecular formula is C25H24NO3P. The second kappa shape index (κ2) is 9.69. The summed E-state index contributed by atoms with van der Waals surface area (Å²) in [4.78, 5) is 26.7. The van der Waals surface area contributed by atoms with Gasteiger partial charge in [0.25, 0.3) is 0 Å². The molecule has 3 aromatic carbocycles. The van der Waals surface area contributed by atoms with E-state index in [1.807, 2.05) is 66.7 Å². The molecule has 0 radical (unpaired) electrons. The highest BCUT2D eigenvalue weighted by Gasteiger charge is 2.37. The molecule has 0 saturated carbocycles. The lowest BCUT2D eigenvalue weighted by atomic mass is 10.1. The van der Waals surface area contributed by atoms with Gasteiger partial charge in [-0.1, -0.05) is 91.0 Å². The van der Waals surface area contributed by atoms with Gasteiger partial charge in [-0.25, -0.2) is 9.69 Å². The van der Waals surface area contributed by atoms with Crippen molar-refractivity contribution >= 4 is 30.5 Å². The Morgan fingerprint density at radius 2 is 1.40 bits per heavy atom. The Balaban J connectivity index is 1.48. The van der Waals surface area contributed by atoms with Crippen LogP contribution in [0.25, 0.3) is 0 Å². The Hall–Kier alpha value is -2.97. The van der Waals surface area contributed by atoms with Gasteiger partial charge in [0.1, 0.15) is 6.61 Å². The maximum Gasteiger partial charge on any atom is 0.416 e. The molecule has 0 N–H and O–H groups in total. The number of hydrogen-bond acceptors (Lipinski definition) is 3. The Kier molecular flexibility index (Phi) is 6.56. The summed E-state index contributed by atoms with van der Waals surface area (Å²) in [5.74, 6) is -0.155. The number of carbonyl (C=O) groups excluding carboxylic acids is 2. The molecule has 0 spiro atoms. The van der Waals surface area contributed by atoms with E-state index in [9.17, 15) is 9.59 Å². The summed E-state index contributed by atoms with van der Waals surface area (Å²) in [7, 11) is -0.674. The Bertz CT molecular complexity index is 940. The largest absolute Gasteiger partial charge is 0.447 e. The molecule has 0 aromatic heterocycles. The summed E-state index contributed by atoms with van der Waals surface area (Å²) in [5.41, 5.74) is 1.09. The molecule has 1 saturated heterocycles. The van der Waals surface area contributed by atoms with Crippen molar-refractivity contribution in [3.05, 3.63) is 96.6 Å². The average Bonchev–Trinajstić information content (AvgIpc) is 3.16. The predicted molar refractivity (Wildman–Crippen MR) is 121 cm³/mol. The first-order valence-corrected chi connectivity index (χ1v) is 11.7. The van der Waals surface area contributed by atoms with E-state index in [-0.39, 0.29) is 18.6 Å². The molecule has 0 aliphatic carbocycles. The van der Waals surface area contributed by atoms with Crippen LogP contribution in [0.5, 0.6) is 0 Å². The van der Waals surface area contributed by atoms with Crippen LogP contribution in [0.3, 0.4) is 0 Å². The van der Waals surface area contributed by atoms with Gasteiger partial charge >= 0.3 is 6.09 Å². The molecule has 4 nitrogen and oxygen atoms in total. The first kappa shape index (κ1) is 20.3. The van der Waals surface area contributed by atoms with Gasteiger partial charge in [0, 0.05) is 6.42 Å².